The average Bonchev–Trinajstić information content (AvgIpc) is 3.70. The van der Waals surface area contributed by atoms with Crippen molar-refractivity contribution >= 4 is 22.9 Å². The zero-order chi connectivity index (χ0) is 31.4. The third kappa shape index (κ3) is 4.80. The van der Waals surface area contributed by atoms with Crippen molar-refractivity contribution in [2.45, 2.75) is 37.0 Å². The highest BCUT2D eigenvalue weighted by atomic mass is 16.7. The number of carbonyl (C=O) groups excluding carboxylic acids is 1. The third-order valence-electron chi connectivity index (χ3n) is 9.43. The summed E-state index contributed by atoms with van der Waals surface area (Å²) < 4.78 is 29.0. The second kappa shape index (κ2) is 11.4. The molecule has 5 heterocycles. The first kappa shape index (κ1) is 28.4. The van der Waals surface area contributed by atoms with Crippen LogP contribution in [0.15, 0.2) is 66.9 Å². The minimum absolute atomic E-state index is 0.0564. The molecule has 46 heavy (non-hydrogen) atoms. The molecule has 232 valence electrons. The molecule has 3 aromatic carbocycles. The van der Waals surface area contributed by atoms with Crippen molar-refractivity contribution in [3.63, 3.8) is 0 Å². The Labute approximate surface area is 266 Å². The first-order valence-corrected chi connectivity index (χ1v) is 15.4. The van der Waals surface area contributed by atoms with Crippen LogP contribution in [0.1, 0.15) is 39.9 Å². The van der Waals surface area contributed by atoms with Gasteiger partial charge in [-0.2, -0.15) is 5.26 Å². The fourth-order valence-corrected chi connectivity index (χ4v) is 7.45. The summed E-state index contributed by atoms with van der Waals surface area (Å²) in [5.41, 5.74) is 5.93. The van der Waals surface area contributed by atoms with Gasteiger partial charge in [0.1, 0.15) is 12.6 Å². The van der Waals surface area contributed by atoms with Crippen LogP contribution in [0.5, 0.6) is 23.0 Å². The second-order valence-corrected chi connectivity index (χ2v) is 12.2. The number of nitrogens with zero attached hydrogens (tertiary/aromatic N) is 4. The van der Waals surface area contributed by atoms with Crippen LogP contribution in [-0.2, 0) is 22.4 Å². The van der Waals surface area contributed by atoms with Gasteiger partial charge >= 0.3 is 5.97 Å². The molecule has 0 N–H and O–H groups in total. The quantitative estimate of drug-likeness (QED) is 0.225. The molecule has 4 aliphatic rings. The predicted molar refractivity (Wildman–Crippen MR) is 168 cm³/mol. The fraction of sp³-hybridized carbons (Fsp3) is 0.306. The maximum atomic E-state index is 13.2. The Balaban J connectivity index is 1.16. The van der Waals surface area contributed by atoms with Crippen molar-refractivity contribution in [3.8, 4) is 29.1 Å². The summed E-state index contributed by atoms with van der Waals surface area (Å²) in [5.74, 6) is 2.30. The molecular formula is C36H32N4O6. The highest BCUT2D eigenvalue weighted by molar-refractivity contribution is 5.93. The molecule has 4 aliphatic heterocycles. The van der Waals surface area contributed by atoms with E-state index in [0.29, 0.717) is 35.8 Å². The van der Waals surface area contributed by atoms with E-state index in [-0.39, 0.29) is 32.3 Å². The lowest BCUT2D eigenvalue weighted by Crippen LogP contribution is -2.54. The number of nitriles is 1. The molecule has 0 aliphatic carbocycles. The molecule has 0 spiro atoms. The van der Waals surface area contributed by atoms with Crippen LogP contribution >= 0.6 is 0 Å². The number of pyridine rings is 1. The standard InChI is InChI=1S/C36H32N4O6/c1-39(2)36-27-16-34-31(43-20-46-34)13-22(27)11-24(17-37)40-29(36)12-23-14-32-33(45-19-44-32)15-26(23)30(40)18-42-35(41)8-7-21-9-10-38-28-6-4-3-5-25(21)28/h3-10,13-16,24,29-30,36H,11-12,18-20H2,1-2H3/b8-7+/t24-,29?,30+,36-/m1/s1. The van der Waals surface area contributed by atoms with Gasteiger partial charge in [-0.3, -0.25) is 9.88 Å². The van der Waals surface area contributed by atoms with Crippen LogP contribution in [0.4, 0.5) is 0 Å². The SMILES string of the molecule is CN(C)[C@@H]1c2cc3c(cc2C[C@H](C#N)N2C1Cc1cc4c(cc1[C@@H]2COC(=O)/C=C/c1ccnc2ccccc12)OCO4)OCO3. The summed E-state index contributed by atoms with van der Waals surface area (Å²) >= 11 is 0. The number of benzene rings is 3. The zero-order valence-electron chi connectivity index (χ0n) is 25.5. The van der Waals surface area contributed by atoms with Crippen molar-refractivity contribution in [1.82, 2.24) is 14.8 Å². The van der Waals surface area contributed by atoms with Crippen LogP contribution in [0, 0.1) is 11.3 Å². The number of fused-ring (bicyclic) bond motifs is 6. The van der Waals surface area contributed by atoms with Gasteiger partial charge in [-0.25, -0.2) is 4.79 Å². The molecule has 1 aromatic heterocycles. The van der Waals surface area contributed by atoms with Crippen LogP contribution in [-0.4, -0.2) is 67.1 Å². The summed E-state index contributed by atoms with van der Waals surface area (Å²) in [6.07, 6.45) is 6.09. The van der Waals surface area contributed by atoms with Gasteiger partial charge in [0.2, 0.25) is 13.6 Å². The molecule has 0 saturated heterocycles. The lowest BCUT2D eigenvalue weighted by Gasteiger charge is -2.48. The van der Waals surface area contributed by atoms with E-state index in [4.69, 9.17) is 23.7 Å². The number of hydrogen-bond acceptors (Lipinski definition) is 10. The number of para-hydroxylation sites is 1. The second-order valence-electron chi connectivity index (χ2n) is 12.2. The molecule has 10 heteroatoms. The zero-order valence-corrected chi connectivity index (χ0v) is 25.5. The van der Waals surface area contributed by atoms with E-state index >= 15 is 0 Å². The molecule has 0 radical (unpaired) electrons. The Morgan fingerprint density at radius 3 is 2.37 bits per heavy atom. The molecule has 0 amide bonds. The molecule has 4 atom stereocenters. The van der Waals surface area contributed by atoms with Crippen molar-refractivity contribution in [3.05, 3.63) is 94.7 Å². The Morgan fingerprint density at radius 2 is 1.65 bits per heavy atom. The van der Waals surface area contributed by atoms with Crippen LogP contribution < -0.4 is 18.9 Å². The minimum Gasteiger partial charge on any atom is -0.460 e. The third-order valence-corrected chi connectivity index (χ3v) is 9.43. The van der Waals surface area contributed by atoms with E-state index in [9.17, 15) is 10.1 Å². The van der Waals surface area contributed by atoms with E-state index < -0.39 is 18.1 Å². The highest BCUT2D eigenvalue weighted by Crippen LogP contribution is 2.49. The number of hydrogen-bond donors (Lipinski definition) is 0. The monoisotopic (exact) mass is 616 g/mol. The Kier molecular flexibility index (Phi) is 7.00. The summed E-state index contributed by atoms with van der Waals surface area (Å²) in [5, 5.41) is 11.6. The van der Waals surface area contributed by atoms with Gasteiger partial charge in [-0.15, -0.1) is 0 Å². The van der Waals surface area contributed by atoms with E-state index in [0.717, 1.165) is 38.7 Å². The predicted octanol–water partition coefficient (Wildman–Crippen LogP) is 4.97. The van der Waals surface area contributed by atoms with Gasteiger partial charge in [0, 0.05) is 30.1 Å². The van der Waals surface area contributed by atoms with Crippen molar-refractivity contribution < 1.29 is 28.5 Å². The molecule has 0 saturated carbocycles. The van der Waals surface area contributed by atoms with E-state index in [1.807, 2.05) is 48.5 Å². The number of ether oxygens (including phenoxy) is 5. The number of rotatable bonds is 5. The molecule has 0 fully saturated rings. The van der Waals surface area contributed by atoms with Crippen LogP contribution in [0.25, 0.3) is 17.0 Å². The summed E-state index contributed by atoms with van der Waals surface area (Å²) in [6, 6.07) is 19.3. The topological polar surface area (TPSA) is 106 Å². The smallest absolute Gasteiger partial charge is 0.330 e. The Hall–Kier alpha value is -5.11. The molecule has 1 unspecified atom stereocenters. The fourth-order valence-electron chi connectivity index (χ4n) is 7.45. The molecule has 0 bridgehead atoms. The lowest BCUT2D eigenvalue weighted by atomic mass is 9.82. The van der Waals surface area contributed by atoms with Gasteiger partial charge in [-0.1, -0.05) is 18.2 Å². The van der Waals surface area contributed by atoms with Gasteiger partial charge in [-0.05, 0) is 90.8 Å². The first-order valence-electron chi connectivity index (χ1n) is 15.4. The van der Waals surface area contributed by atoms with Gasteiger partial charge in [0.15, 0.2) is 23.0 Å². The van der Waals surface area contributed by atoms with Gasteiger partial charge in [0.25, 0.3) is 0 Å². The van der Waals surface area contributed by atoms with E-state index in [2.05, 4.69) is 41.0 Å². The largest absolute Gasteiger partial charge is 0.460 e. The first-order chi connectivity index (χ1) is 22.5. The van der Waals surface area contributed by atoms with Gasteiger partial charge < -0.3 is 28.6 Å². The van der Waals surface area contributed by atoms with Crippen LogP contribution in [0.2, 0.25) is 0 Å². The Morgan fingerprint density at radius 1 is 0.978 bits per heavy atom. The minimum atomic E-state index is -0.491. The van der Waals surface area contributed by atoms with E-state index in [1.54, 1.807) is 12.3 Å². The van der Waals surface area contributed by atoms with Crippen molar-refractivity contribution in [2.75, 3.05) is 34.3 Å². The summed E-state index contributed by atoms with van der Waals surface area (Å²) in [6.45, 7) is 0.393. The average molecular weight is 617 g/mol. The van der Waals surface area contributed by atoms with Crippen LogP contribution in [0.3, 0.4) is 0 Å². The molecular weight excluding hydrogens is 584 g/mol. The molecule has 4 aromatic rings. The molecule has 10 nitrogen and oxygen atoms in total. The Bertz CT molecular complexity index is 1930. The number of aromatic nitrogens is 1. The van der Waals surface area contributed by atoms with Crippen molar-refractivity contribution in [2.24, 2.45) is 0 Å². The number of carbonyl (C=O) groups is 1. The van der Waals surface area contributed by atoms with Gasteiger partial charge in [0.05, 0.1) is 23.7 Å². The highest BCUT2D eigenvalue weighted by Gasteiger charge is 2.47. The maximum Gasteiger partial charge on any atom is 0.330 e. The van der Waals surface area contributed by atoms with E-state index in [1.165, 1.54) is 6.08 Å². The number of esters is 1. The maximum absolute atomic E-state index is 13.2. The van der Waals surface area contributed by atoms with Crippen molar-refractivity contribution in [1.29, 1.82) is 5.26 Å². The normalized spacial score (nSPS) is 22.7. The lowest BCUT2D eigenvalue weighted by molar-refractivity contribution is -0.140. The summed E-state index contributed by atoms with van der Waals surface area (Å²) in [4.78, 5) is 22.1. The molecule has 8 rings (SSSR count). The summed E-state index contributed by atoms with van der Waals surface area (Å²) in [7, 11) is 4.11. The number of likely N-dealkylation sites (N-methyl/N-ethyl adjacent to an activating group) is 1.